The molecule has 4 aliphatic rings. The maximum Gasteiger partial charge on any atom is 1.00 e. The maximum absolute atomic E-state index is 12.1. The SMILES string of the molecule is C1CCNC1.CC(C)(C)O.CC(C)(C)OC(=O)Nc1cc(CN2CCCC2)cc(C(C)(C)C)c1.CC(C)(C)c1cc(CN2CCCC2)cc(C(=O)O)c1.CC(C)(C)c1cc(CO)cc(C(=O)O)c1.CC(C)(C)c1cc(N)cc(CN2CCCC2)c1.COC(=O)c1cc(C(=O)O)cc(C(C)(C)C)c1.COC(=O)c1cc(CO)cc(C(C)(C)C)c1.Cl.[Na+].[OH-]. The number of carbonyl (C=O) groups is 6. The van der Waals surface area contributed by atoms with Crippen molar-refractivity contribution in [2.75, 3.05) is 77.6 Å². The van der Waals surface area contributed by atoms with Crippen molar-refractivity contribution in [3.63, 3.8) is 0 Å². The summed E-state index contributed by atoms with van der Waals surface area (Å²) in [4.78, 5) is 75.5. The van der Waals surface area contributed by atoms with Gasteiger partial charge in [0.15, 0.2) is 0 Å². The van der Waals surface area contributed by atoms with Crippen molar-refractivity contribution in [1.82, 2.24) is 20.0 Å². The molecule has 121 heavy (non-hydrogen) atoms. The van der Waals surface area contributed by atoms with Crippen LogP contribution in [0.1, 0.15) is 331 Å². The molecule has 0 bridgehead atoms. The number of nitrogens with one attached hydrogen (secondary N) is 2. The molecule has 4 fully saturated rings. The molecule has 11 N–H and O–H groups in total. The molecule has 0 aliphatic carbocycles. The monoisotopic (exact) mass is 1710 g/mol. The van der Waals surface area contributed by atoms with E-state index in [1.54, 1.807) is 51.1 Å². The number of benzene rings is 6. The number of carboxylic acid groups (broad SMARTS) is 3. The number of methoxy groups -OCH3 is 2. The van der Waals surface area contributed by atoms with Crippen molar-refractivity contribution < 1.29 is 109 Å². The molecule has 0 saturated carbocycles. The summed E-state index contributed by atoms with van der Waals surface area (Å²) in [6, 6.07) is 33.6. The number of amides is 1. The molecule has 0 spiro atoms. The van der Waals surface area contributed by atoms with Crippen LogP contribution in [-0.4, -0.2) is 165 Å². The van der Waals surface area contributed by atoms with Crippen LogP contribution in [0.5, 0.6) is 0 Å². The van der Waals surface area contributed by atoms with Gasteiger partial charge in [-0.15, -0.1) is 12.4 Å². The number of aliphatic hydroxyl groups is 3. The van der Waals surface area contributed by atoms with E-state index in [-0.39, 0.29) is 116 Å². The standard InChI is InChI=1S/C20H32N2O2.C16H23NO2.C15H24N2.C13H16O4.C13H18O3.C12H16O3.C4H9N.C4H10O.ClH.Na.H2O/c1-19(2,3)16-11-15(14-22-9-7-8-10-22)12-17(13-16)21-18(23)24-20(4,5)6;1-16(2,3)14-9-12(8-13(10-14)15(18)19)11-17-6-4-5-7-17;1-15(2,3)13-8-12(9-14(16)10-13)11-17-6-4-5-7-17;1-13(2,3)10-6-8(11(14)15)5-9(7-10)12(16)17-4;1-13(2,3)11-6-9(8-14)5-10(7-11)12(15)16-4;1-12(2,3)10-5-8(7-13)4-9(6-10)11(14)15;1-2-4-5-3-1;1-4(2,3)5;;;/h11-13H,7-10,14H2,1-6H3,(H,21,23);8-10H,4-7,11H2,1-3H3,(H,18,19);8-10H,4-7,11,16H2,1-3H3;5-7H,1-4H3,(H,14,15);5-7,14H,8H2,1-4H3;4-6,13H,7H2,1-3H3,(H,14,15);5H,1-4H2;5H,1-3H3;1H;;1H2/q;;;;;;;;;+1;/p-1. The number of aromatic carboxylic acids is 3. The Morgan fingerprint density at radius 2 is 0.636 bits per heavy atom. The van der Waals surface area contributed by atoms with E-state index in [4.69, 9.17) is 36.0 Å². The van der Waals surface area contributed by atoms with Crippen molar-refractivity contribution in [2.24, 2.45) is 0 Å². The molecule has 6 aromatic carbocycles. The summed E-state index contributed by atoms with van der Waals surface area (Å²) < 4.78 is 14.7. The van der Waals surface area contributed by atoms with Crippen molar-refractivity contribution in [2.45, 2.75) is 294 Å². The molecule has 4 heterocycles. The number of nitrogen functional groups attached to an aromatic ring is 1. The van der Waals surface area contributed by atoms with Gasteiger partial charge >= 0.3 is 65.5 Å². The number of nitrogens with zero attached hydrogens (tertiary/aromatic N) is 3. The van der Waals surface area contributed by atoms with Crippen LogP contribution in [0.3, 0.4) is 0 Å². The number of nitrogens with two attached hydrogens (primary N) is 1. The minimum absolute atomic E-state index is 0. The van der Waals surface area contributed by atoms with Gasteiger partial charge in [0, 0.05) is 31.0 Å². The second-order valence-electron chi connectivity index (χ2n) is 39.4. The molecular weight excluding hydrogens is 1560 g/mol. The van der Waals surface area contributed by atoms with E-state index in [1.807, 2.05) is 86.6 Å². The van der Waals surface area contributed by atoms with Crippen molar-refractivity contribution >= 4 is 59.7 Å². The van der Waals surface area contributed by atoms with Gasteiger partial charge in [-0.1, -0.05) is 155 Å². The largest absolute Gasteiger partial charge is 1.00 e. The smallest absolute Gasteiger partial charge is 0.870 e. The second kappa shape index (κ2) is 51.2. The Labute approximate surface area is 753 Å². The minimum Gasteiger partial charge on any atom is -0.870 e. The van der Waals surface area contributed by atoms with E-state index in [1.165, 1.54) is 126 Å². The average molecular weight is 1710 g/mol. The molecule has 4 aliphatic heterocycles. The van der Waals surface area contributed by atoms with E-state index in [0.717, 1.165) is 90.6 Å². The number of halogens is 1. The van der Waals surface area contributed by atoms with E-state index in [2.05, 4.69) is 160 Å². The Balaban J connectivity index is 0.00000139. The molecule has 10 rings (SSSR count). The van der Waals surface area contributed by atoms with Crippen molar-refractivity contribution in [3.8, 4) is 0 Å². The summed E-state index contributed by atoms with van der Waals surface area (Å²) in [5.41, 5.74) is 19.5. The van der Waals surface area contributed by atoms with Crippen molar-refractivity contribution in [3.05, 3.63) is 198 Å². The van der Waals surface area contributed by atoms with E-state index in [9.17, 15) is 33.9 Å². The van der Waals surface area contributed by atoms with Gasteiger partial charge in [-0.3, -0.25) is 20.0 Å². The molecule has 24 heteroatoms. The molecule has 0 radical (unpaired) electrons. The fourth-order valence-electron chi connectivity index (χ4n) is 12.7. The van der Waals surface area contributed by atoms with E-state index in [0.29, 0.717) is 16.7 Å². The topological polar surface area (TPSA) is 341 Å². The number of esters is 2. The normalized spacial score (nSPS) is 14.3. The van der Waals surface area contributed by atoms with Gasteiger partial charge in [0.25, 0.3) is 0 Å². The van der Waals surface area contributed by atoms with Gasteiger partial charge in [0.1, 0.15) is 5.60 Å². The fraction of sp³-hybridized carbons (Fsp3) is 0.567. The Hall–Kier alpha value is -7.29. The summed E-state index contributed by atoms with van der Waals surface area (Å²) in [7, 11) is 2.62. The van der Waals surface area contributed by atoms with Gasteiger partial charge in [0.05, 0.1) is 60.9 Å². The summed E-state index contributed by atoms with van der Waals surface area (Å²) in [5, 5.41) is 60.0. The molecular formula is C97H150ClN6NaO16. The first-order chi connectivity index (χ1) is 54.3. The number of hydrogen-bond donors (Lipinski definition) is 9. The molecule has 1 amide bonds. The predicted molar refractivity (Wildman–Crippen MR) is 487 cm³/mol. The van der Waals surface area contributed by atoms with Gasteiger partial charge in [-0.05, 0) is 318 Å². The van der Waals surface area contributed by atoms with Crippen LogP contribution in [-0.2, 0) is 79.5 Å². The molecule has 0 atom stereocenters. The Morgan fingerprint density at radius 3 is 0.926 bits per heavy atom. The molecule has 0 aromatic heterocycles. The number of anilines is 2. The van der Waals surface area contributed by atoms with Crippen LogP contribution in [0.25, 0.3) is 0 Å². The maximum atomic E-state index is 12.1. The number of rotatable bonds is 14. The number of ether oxygens (including phenoxy) is 3. The van der Waals surface area contributed by atoms with Gasteiger partial charge < -0.3 is 61.4 Å². The summed E-state index contributed by atoms with van der Waals surface area (Å²) in [5.74, 6) is -3.76. The summed E-state index contributed by atoms with van der Waals surface area (Å²) >= 11 is 0. The molecule has 672 valence electrons. The minimum atomic E-state index is -1.05. The number of aliphatic hydroxyl groups excluding tert-OH is 2. The molecule has 4 saturated heterocycles. The third kappa shape index (κ3) is 44.7. The fourth-order valence-corrected chi connectivity index (χ4v) is 12.7. The Bertz CT molecular complexity index is 4190. The average Bonchev–Trinajstić information content (AvgIpc) is 1.37. The molecule has 22 nitrogen and oxygen atoms in total. The zero-order chi connectivity index (χ0) is 89.7. The third-order valence-corrected chi connectivity index (χ3v) is 19.5. The summed E-state index contributed by atoms with van der Waals surface area (Å²) in [6.45, 7) is 60.8. The first kappa shape index (κ1) is 114. The second-order valence-corrected chi connectivity index (χ2v) is 39.4. The van der Waals surface area contributed by atoms with E-state index >= 15 is 0 Å². The molecule has 6 aromatic rings. The van der Waals surface area contributed by atoms with Gasteiger partial charge in [0.2, 0.25) is 0 Å². The first-order valence-electron chi connectivity index (χ1n) is 41.6. The first-order valence-corrected chi connectivity index (χ1v) is 41.6. The Morgan fingerprint density at radius 1 is 0.380 bits per heavy atom. The van der Waals surface area contributed by atoms with Crippen LogP contribution in [0.2, 0.25) is 0 Å². The van der Waals surface area contributed by atoms with Crippen LogP contribution in [0.4, 0.5) is 16.2 Å². The van der Waals surface area contributed by atoms with Gasteiger partial charge in [-0.25, -0.2) is 28.8 Å². The van der Waals surface area contributed by atoms with Gasteiger partial charge in [-0.2, -0.15) is 0 Å². The number of carbonyl (C=O) groups excluding carboxylic acids is 3. The quantitative estimate of drug-likeness (QED) is 0.0212. The van der Waals surface area contributed by atoms with Crippen LogP contribution in [0, 0.1) is 0 Å². The number of hydrogen-bond acceptors (Lipinski definition) is 18. The van der Waals surface area contributed by atoms with Crippen LogP contribution >= 0.6 is 12.4 Å². The zero-order valence-corrected chi connectivity index (χ0v) is 81.2. The van der Waals surface area contributed by atoms with Crippen molar-refractivity contribution in [1.29, 1.82) is 0 Å². The zero-order valence-electron chi connectivity index (χ0n) is 78.4. The summed E-state index contributed by atoms with van der Waals surface area (Å²) in [6.07, 6.45) is 10.1. The molecule has 0 unspecified atom stereocenters. The predicted octanol–water partition coefficient (Wildman–Crippen LogP) is 16.7. The van der Waals surface area contributed by atoms with Crippen LogP contribution < -0.4 is 45.9 Å². The van der Waals surface area contributed by atoms with Crippen LogP contribution in [0.15, 0.2) is 109 Å². The van der Waals surface area contributed by atoms with E-state index < -0.39 is 41.2 Å². The Kier molecular flexibility index (Phi) is 48.1. The number of carboxylic acids is 3. The third-order valence-electron chi connectivity index (χ3n) is 19.5. The number of likely N-dealkylation sites (tertiary alicyclic amines) is 3.